The van der Waals surface area contributed by atoms with Gasteiger partial charge >= 0.3 is 6.09 Å². The van der Waals surface area contributed by atoms with Crippen molar-refractivity contribution in [2.24, 2.45) is 5.92 Å². The van der Waals surface area contributed by atoms with Gasteiger partial charge in [0.05, 0.1) is 18.6 Å². The molecule has 11 heteroatoms. The van der Waals surface area contributed by atoms with E-state index in [-0.39, 0.29) is 49.0 Å². The Balaban J connectivity index is 1.54. The van der Waals surface area contributed by atoms with Crippen LogP contribution in [0.25, 0.3) is 0 Å². The molecule has 1 unspecified atom stereocenters. The van der Waals surface area contributed by atoms with Crippen molar-refractivity contribution >= 4 is 23.8 Å². The molecule has 4 rings (SSSR count). The topological polar surface area (TPSA) is 120 Å². The number of fused-ring (bicyclic) bond motifs is 1. The zero-order valence-corrected chi connectivity index (χ0v) is 24.6. The summed E-state index contributed by atoms with van der Waals surface area (Å²) in [6.45, 7) is 5.51. The maximum Gasteiger partial charge on any atom is 0.409 e. The number of rotatable bonds is 8. The number of alkyl carbamates (subject to hydrolysis) is 1. The highest BCUT2D eigenvalue weighted by molar-refractivity contribution is 5.95. The van der Waals surface area contributed by atoms with E-state index in [0.717, 1.165) is 24.8 Å². The molecule has 2 aliphatic rings. The lowest BCUT2D eigenvalue weighted by Crippen LogP contribution is -2.63. The first-order valence-electron chi connectivity index (χ1n) is 14.5. The fourth-order valence-electron chi connectivity index (χ4n) is 5.37. The molecule has 1 saturated heterocycles. The summed E-state index contributed by atoms with van der Waals surface area (Å²) >= 11 is 0. The van der Waals surface area contributed by atoms with E-state index in [2.05, 4.69) is 16.0 Å². The molecule has 2 aromatic rings. The second kappa shape index (κ2) is 13.8. The zero-order valence-electron chi connectivity index (χ0n) is 24.6. The number of carbonyl (C=O) groups is 4. The van der Waals surface area contributed by atoms with Crippen LogP contribution in [-0.4, -0.2) is 78.6 Å². The number of benzene rings is 2. The van der Waals surface area contributed by atoms with E-state index in [1.807, 2.05) is 38.1 Å². The summed E-state index contributed by atoms with van der Waals surface area (Å²) in [5.41, 5.74) is 2.49. The van der Waals surface area contributed by atoms with Crippen LogP contribution in [-0.2, 0) is 20.7 Å². The van der Waals surface area contributed by atoms with Gasteiger partial charge in [-0.05, 0) is 74.5 Å². The number of piperazine rings is 1. The van der Waals surface area contributed by atoms with E-state index in [1.165, 1.54) is 39.6 Å². The van der Waals surface area contributed by atoms with E-state index in [4.69, 9.17) is 4.74 Å². The molecular formula is C31H40FN5O5. The van der Waals surface area contributed by atoms with Crippen molar-refractivity contribution in [2.75, 3.05) is 26.7 Å². The minimum atomic E-state index is -1.10. The molecule has 1 aliphatic carbocycles. The van der Waals surface area contributed by atoms with E-state index in [9.17, 15) is 23.6 Å². The molecule has 2 aromatic carbocycles. The van der Waals surface area contributed by atoms with Gasteiger partial charge in [-0.2, -0.15) is 0 Å². The SMILES string of the molecule is CN[C@@H](C)C(=O)N[C@H](C(=O)N1CCN(C(=O)c2ccc(F)cc2)C[C@@H]1OC(=O)NC1CCCc2ccccc21)C(C)C. The number of carbonyl (C=O) groups excluding carboxylic acids is 4. The van der Waals surface area contributed by atoms with Crippen LogP contribution in [0.1, 0.15) is 61.1 Å². The number of nitrogens with one attached hydrogen (secondary N) is 3. The molecule has 0 bridgehead atoms. The number of likely N-dealkylation sites (N-methyl/N-ethyl adjacent to an activating group) is 1. The van der Waals surface area contributed by atoms with Crippen LogP contribution in [0.15, 0.2) is 48.5 Å². The van der Waals surface area contributed by atoms with Crippen LogP contribution in [0.5, 0.6) is 0 Å². The number of aryl methyl sites for hydroxylation is 1. The maximum atomic E-state index is 13.8. The molecule has 4 amide bonds. The Morgan fingerprint density at radius 1 is 1.00 bits per heavy atom. The molecule has 0 saturated carbocycles. The van der Waals surface area contributed by atoms with Gasteiger partial charge in [0.2, 0.25) is 11.8 Å². The summed E-state index contributed by atoms with van der Waals surface area (Å²) in [7, 11) is 1.65. The van der Waals surface area contributed by atoms with Crippen LogP contribution < -0.4 is 16.0 Å². The van der Waals surface area contributed by atoms with Crippen molar-refractivity contribution in [3.8, 4) is 0 Å². The van der Waals surface area contributed by atoms with Crippen LogP contribution in [0.4, 0.5) is 9.18 Å². The average Bonchev–Trinajstić information content (AvgIpc) is 2.99. The van der Waals surface area contributed by atoms with Gasteiger partial charge in [-0.3, -0.25) is 14.4 Å². The van der Waals surface area contributed by atoms with Gasteiger partial charge in [-0.1, -0.05) is 38.1 Å². The van der Waals surface area contributed by atoms with Gasteiger partial charge in [0.15, 0.2) is 6.23 Å². The zero-order chi connectivity index (χ0) is 30.4. The minimum absolute atomic E-state index is 0.0800. The number of hydrogen-bond donors (Lipinski definition) is 3. The highest BCUT2D eigenvalue weighted by Gasteiger charge is 2.40. The maximum absolute atomic E-state index is 13.8. The van der Waals surface area contributed by atoms with Gasteiger partial charge < -0.3 is 30.5 Å². The Kier molecular flexibility index (Phi) is 10.2. The van der Waals surface area contributed by atoms with E-state index < -0.39 is 36.1 Å². The molecule has 0 aromatic heterocycles. The van der Waals surface area contributed by atoms with Gasteiger partial charge in [-0.25, -0.2) is 9.18 Å². The molecule has 4 atom stereocenters. The number of halogens is 1. The number of nitrogens with zero attached hydrogens (tertiary/aromatic N) is 2. The fraction of sp³-hybridized carbons (Fsp3) is 0.484. The molecule has 0 spiro atoms. The van der Waals surface area contributed by atoms with Crippen molar-refractivity contribution in [2.45, 2.75) is 64.4 Å². The normalized spacial score (nSPS) is 19.9. The first-order chi connectivity index (χ1) is 20.1. The standard InChI is InChI=1S/C31H40FN5O5/c1-19(2)27(35-28(38)20(3)33-4)30(40)37-17-16-36(29(39)22-12-14-23(32)15-13-22)18-26(37)42-31(41)34-25-11-7-9-21-8-5-6-10-24(21)25/h5-6,8,10,12-15,19-20,25-27,33H,7,9,11,16-18H2,1-4H3,(H,34,41)(H,35,38)/t20-,25?,26-,27-/m0/s1. The van der Waals surface area contributed by atoms with Crippen LogP contribution >= 0.6 is 0 Å². The third-order valence-corrected chi connectivity index (χ3v) is 7.96. The lowest BCUT2D eigenvalue weighted by atomic mass is 9.88. The average molecular weight is 582 g/mol. The number of amides is 4. The van der Waals surface area contributed by atoms with Crippen molar-refractivity contribution in [1.82, 2.24) is 25.8 Å². The first kappa shape index (κ1) is 31.0. The summed E-state index contributed by atoms with van der Waals surface area (Å²) < 4.78 is 19.3. The number of hydrogen-bond acceptors (Lipinski definition) is 6. The van der Waals surface area contributed by atoms with Gasteiger partial charge in [0.25, 0.3) is 5.91 Å². The Hall–Kier alpha value is -3.99. The summed E-state index contributed by atoms with van der Waals surface area (Å²) in [6.07, 6.45) is 0.790. The molecule has 0 radical (unpaired) electrons. The quantitative estimate of drug-likeness (QED) is 0.441. The van der Waals surface area contributed by atoms with E-state index in [1.54, 1.807) is 14.0 Å². The predicted octanol–water partition coefficient (Wildman–Crippen LogP) is 2.99. The highest BCUT2D eigenvalue weighted by atomic mass is 19.1. The van der Waals surface area contributed by atoms with Gasteiger partial charge in [0, 0.05) is 18.7 Å². The van der Waals surface area contributed by atoms with Crippen molar-refractivity contribution < 1.29 is 28.3 Å². The van der Waals surface area contributed by atoms with E-state index in [0.29, 0.717) is 0 Å². The second-order valence-corrected chi connectivity index (χ2v) is 11.2. The van der Waals surface area contributed by atoms with E-state index >= 15 is 0 Å². The van der Waals surface area contributed by atoms with Crippen LogP contribution in [0.2, 0.25) is 0 Å². The molecule has 10 nitrogen and oxygen atoms in total. The van der Waals surface area contributed by atoms with Gasteiger partial charge in [0.1, 0.15) is 11.9 Å². The summed E-state index contributed by atoms with van der Waals surface area (Å²) in [4.78, 5) is 55.9. The largest absolute Gasteiger partial charge is 0.423 e. The fourth-order valence-corrected chi connectivity index (χ4v) is 5.37. The molecular weight excluding hydrogens is 541 g/mol. The Morgan fingerprint density at radius 3 is 2.40 bits per heavy atom. The third kappa shape index (κ3) is 7.25. The molecule has 1 aliphatic heterocycles. The van der Waals surface area contributed by atoms with Crippen molar-refractivity contribution in [3.63, 3.8) is 0 Å². The monoisotopic (exact) mass is 581 g/mol. The highest BCUT2D eigenvalue weighted by Crippen LogP contribution is 2.29. The molecule has 226 valence electrons. The third-order valence-electron chi connectivity index (χ3n) is 7.96. The molecule has 3 N–H and O–H groups in total. The van der Waals surface area contributed by atoms with Crippen LogP contribution in [0.3, 0.4) is 0 Å². The lowest BCUT2D eigenvalue weighted by molar-refractivity contribution is -0.151. The minimum Gasteiger partial charge on any atom is -0.423 e. The summed E-state index contributed by atoms with van der Waals surface area (Å²) in [6, 6.07) is 11.5. The molecule has 1 heterocycles. The Labute approximate surface area is 246 Å². The summed E-state index contributed by atoms with van der Waals surface area (Å²) in [5.74, 6) is -1.82. The second-order valence-electron chi connectivity index (χ2n) is 11.2. The number of ether oxygens (including phenoxy) is 1. The Bertz CT molecular complexity index is 1290. The molecule has 42 heavy (non-hydrogen) atoms. The van der Waals surface area contributed by atoms with Gasteiger partial charge in [-0.15, -0.1) is 0 Å². The van der Waals surface area contributed by atoms with Crippen LogP contribution in [0, 0.1) is 11.7 Å². The lowest BCUT2D eigenvalue weighted by Gasteiger charge is -2.42. The smallest absolute Gasteiger partial charge is 0.409 e. The molecule has 1 fully saturated rings. The van der Waals surface area contributed by atoms with Crippen molar-refractivity contribution in [1.29, 1.82) is 0 Å². The Morgan fingerprint density at radius 2 is 1.71 bits per heavy atom. The predicted molar refractivity (Wildman–Crippen MR) is 155 cm³/mol. The summed E-state index contributed by atoms with van der Waals surface area (Å²) in [5, 5.41) is 8.63. The first-order valence-corrected chi connectivity index (χ1v) is 14.5. The van der Waals surface area contributed by atoms with Crippen molar-refractivity contribution in [3.05, 3.63) is 71.0 Å².